The standard InChI is InChI=1S/C9H15N/c1-2-3-4-5-6-7-8-9-10/h2-3H,4-8H2,1H3. The molecule has 0 bridgehead atoms. The van der Waals surface area contributed by atoms with E-state index in [0.717, 1.165) is 12.8 Å². The third-order valence-corrected chi connectivity index (χ3v) is 1.40. The third kappa shape index (κ3) is 7.23. The number of nitriles is 1. The van der Waals surface area contributed by atoms with Gasteiger partial charge in [0.25, 0.3) is 0 Å². The molecule has 0 aliphatic carbocycles. The van der Waals surface area contributed by atoms with Crippen molar-refractivity contribution in [3.63, 3.8) is 0 Å². The molecule has 0 aliphatic rings. The molecule has 0 aromatic carbocycles. The van der Waals surface area contributed by atoms with Gasteiger partial charge in [-0.25, -0.2) is 0 Å². The Bertz CT molecular complexity index is 119. The zero-order valence-corrected chi connectivity index (χ0v) is 6.64. The Labute approximate surface area is 63.4 Å². The molecular formula is C9H15N. The molecule has 0 saturated carbocycles. The Balaban J connectivity index is 2.85. The normalized spacial score (nSPS) is 10.0. The van der Waals surface area contributed by atoms with Crippen molar-refractivity contribution in [1.29, 1.82) is 5.26 Å². The second-order valence-corrected chi connectivity index (χ2v) is 2.33. The smallest absolute Gasteiger partial charge is 0.0621 e. The Hall–Kier alpha value is -0.770. The predicted octanol–water partition coefficient (Wildman–Crippen LogP) is 3.04. The van der Waals surface area contributed by atoms with Gasteiger partial charge in [0.15, 0.2) is 0 Å². The van der Waals surface area contributed by atoms with Crippen molar-refractivity contribution in [2.45, 2.75) is 39.0 Å². The Kier molecular flexibility index (Phi) is 7.60. The molecule has 1 nitrogen and oxygen atoms in total. The molecule has 0 aromatic heterocycles. The van der Waals surface area contributed by atoms with Crippen molar-refractivity contribution < 1.29 is 0 Å². The summed E-state index contributed by atoms with van der Waals surface area (Å²) in [6, 6.07) is 2.14. The summed E-state index contributed by atoms with van der Waals surface area (Å²) in [4.78, 5) is 0. The molecule has 0 aliphatic heterocycles. The van der Waals surface area contributed by atoms with E-state index in [4.69, 9.17) is 5.26 Å². The van der Waals surface area contributed by atoms with Crippen LogP contribution >= 0.6 is 0 Å². The number of hydrogen-bond acceptors (Lipinski definition) is 1. The molecule has 0 N–H and O–H groups in total. The molecular weight excluding hydrogens is 122 g/mol. The summed E-state index contributed by atoms with van der Waals surface area (Å²) in [5.41, 5.74) is 0. The van der Waals surface area contributed by atoms with E-state index in [1.165, 1.54) is 19.3 Å². The Morgan fingerprint density at radius 2 is 2.10 bits per heavy atom. The van der Waals surface area contributed by atoms with Gasteiger partial charge in [-0.3, -0.25) is 0 Å². The van der Waals surface area contributed by atoms with Gasteiger partial charge >= 0.3 is 0 Å². The molecule has 0 radical (unpaired) electrons. The zero-order chi connectivity index (χ0) is 7.66. The van der Waals surface area contributed by atoms with Crippen molar-refractivity contribution in [1.82, 2.24) is 0 Å². The van der Waals surface area contributed by atoms with E-state index in [-0.39, 0.29) is 0 Å². The monoisotopic (exact) mass is 137 g/mol. The van der Waals surface area contributed by atoms with Crippen LogP contribution in [0.4, 0.5) is 0 Å². The lowest BCUT2D eigenvalue weighted by Gasteiger charge is -1.91. The molecule has 0 aromatic rings. The molecule has 0 saturated heterocycles. The van der Waals surface area contributed by atoms with Crippen molar-refractivity contribution in [2.75, 3.05) is 0 Å². The van der Waals surface area contributed by atoms with Crippen LogP contribution in [0, 0.1) is 11.3 Å². The topological polar surface area (TPSA) is 23.8 Å². The minimum absolute atomic E-state index is 0.718. The number of allylic oxidation sites excluding steroid dienone is 2. The van der Waals surface area contributed by atoms with Gasteiger partial charge < -0.3 is 0 Å². The molecule has 0 amide bonds. The average molecular weight is 137 g/mol. The van der Waals surface area contributed by atoms with Crippen LogP contribution < -0.4 is 0 Å². The molecule has 0 atom stereocenters. The number of nitrogens with zero attached hydrogens (tertiary/aromatic N) is 1. The van der Waals surface area contributed by atoms with E-state index in [0.29, 0.717) is 0 Å². The first-order valence-electron chi connectivity index (χ1n) is 3.90. The van der Waals surface area contributed by atoms with Gasteiger partial charge in [0.05, 0.1) is 6.07 Å². The van der Waals surface area contributed by atoms with Crippen LogP contribution in [0.1, 0.15) is 39.0 Å². The van der Waals surface area contributed by atoms with Gasteiger partial charge in [0, 0.05) is 6.42 Å². The minimum Gasteiger partial charge on any atom is -0.198 e. The maximum Gasteiger partial charge on any atom is 0.0621 e. The van der Waals surface area contributed by atoms with Crippen LogP contribution in [0.2, 0.25) is 0 Å². The van der Waals surface area contributed by atoms with E-state index >= 15 is 0 Å². The molecule has 1 heteroatoms. The summed E-state index contributed by atoms with van der Waals surface area (Å²) in [5.74, 6) is 0. The molecule has 10 heavy (non-hydrogen) atoms. The quantitative estimate of drug-likeness (QED) is 0.422. The minimum atomic E-state index is 0.718. The highest BCUT2D eigenvalue weighted by Crippen LogP contribution is 2.02. The summed E-state index contributed by atoms with van der Waals surface area (Å²) in [6.45, 7) is 2.04. The van der Waals surface area contributed by atoms with Crippen molar-refractivity contribution in [2.24, 2.45) is 0 Å². The first kappa shape index (κ1) is 9.23. The largest absolute Gasteiger partial charge is 0.198 e. The summed E-state index contributed by atoms with van der Waals surface area (Å²) in [5, 5.41) is 8.20. The molecule has 0 unspecified atom stereocenters. The van der Waals surface area contributed by atoms with Gasteiger partial charge in [0.2, 0.25) is 0 Å². The van der Waals surface area contributed by atoms with Crippen LogP contribution in [0.3, 0.4) is 0 Å². The maximum absolute atomic E-state index is 8.20. The third-order valence-electron chi connectivity index (χ3n) is 1.40. The fourth-order valence-electron chi connectivity index (χ4n) is 0.810. The maximum atomic E-state index is 8.20. The fraction of sp³-hybridized carbons (Fsp3) is 0.667. The van der Waals surface area contributed by atoms with Gasteiger partial charge in [-0.2, -0.15) is 5.26 Å². The van der Waals surface area contributed by atoms with Gasteiger partial charge in [-0.15, -0.1) is 0 Å². The molecule has 0 rings (SSSR count). The fourth-order valence-corrected chi connectivity index (χ4v) is 0.810. The predicted molar refractivity (Wildman–Crippen MR) is 43.5 cm³/mol. The van der Waals surface area contributed by atoms with E-state index in [9.17, 15) is 0 Å². The second-order valence-electron chi connectivity index (χ2n) is 2.33. The van der Waals surface area contributed by atoms with E-state index in [1.54, 1.807) is 0 Å². The lowest BCUT2D eigenvalue weighted by atomic mass is 10.1. The summed E-state index contributed by atoms with van der Waals surface area (Å²) < 4.78 is 0. The highest BCUT2D eigenvalue weighted by atomic mass is 14.2. The van der Waals surface area contributed by atoms with E-state index in [1.807, 2.05) is 6.92 Å². The Morgan fingerprint density at radius 3 is 2.70 bits per heavy atom. The lowest BCUT2D eigenvalue weighted by molar-refractivity contribution is 0.699. The lowest BCUT2D eigenvalue weighted by Crippen LogP contribution is -1.73. The highest BCUT2D eigenvalue weighted by molar-refractivity contribution is 4.76. The Morgan fingerprint density at radius 1 is 1.30 bits per heavy atom. The van der Waals surface area contributed by atoms with Crippen LogP contribution in [-0.4, -0.2) is 0 Å². The number of hydrogen-bond donors (Lipinski definition) is 0. The first-order chi connectivity index (χ1) is 4.91. The summed E-state index contributed by atoms with van der Waals surface area (Å²) in [7, 11) is 0. The van der Waals surface area contributed by atoms with Crippen molar-refractivity contribution in [3.8, 4) is 6.07 Å². The van der Waals surface area contributed by atoms with Gasteiger partial charge in [0.1, 0.15) is 0 Å². The highest BCUT2D eigenvalue weighted by Gasteiger charge is 1.84. The van der Waals surface area contributed by atoms with Gasteiger partial charge in [-0.1, -0.05) is 18.6 Å². The van der Waals surface area contributed by atoms with Gasteiger partial charge in [-0.05, 0) is 26.2 Å². The number of rotatable bonds is 5. The van der Waals surface area contributed by atoms with E-state index < -0.39 is 0 Å². The second kappa shape index (κ2) is 8.23. The van der Waals surface area contributed by atoms with Crippen molar-refractivity contribution in [3.05, 3.63) is 12.2 Å². The molecule has 0 spiro atoms. The number of unbranched alkanes of at least 4 members (excludes halogenated alkanes) is 4. The summed E-state index contributed by atoms with van der Waals surface area (Å²) >= 11 is 0. The zero-order valence-electron chi connectivity index (χ0n) is 6.64. The average Bonchev–Trinajstić information content (AvgIpc) is 1.97. The van der Waals surface area contributed by atoms with Crippen LogP contribution in [-0.2, 0) is 0 Å². The first-order valence-corrected chi connectivity index (χ1v) is 3.90. The molecule has 56 valence electrons. The SMILES string of the molecule is CC=CCCCCCC#N. The van der Waals surface area contributed by atoms with Crippen molar-refractivity contribution >= 4 is 0 Å². The van der Waals surface area contributed by atoms with Crippen LogP contribution in [0.15, 0.2) is 12.2 Å². The van der Waals surface area contributed by atoms with Crippen LogP contribution in [0.5, 0.6) is 0 Å². The van der Waals surface area contributed by atoms with Crippen LogP contribution in [0.25, 0.3) is 0 Å². The van der Waals surface area contributed by atoms with E-state index in [2.05, 4.69) is 18.2 Å². The summed E-state index contributed by atoms with van der Waals surface area (Å²) in [6.07, 6.45) is 9.62. The molecule has 0 fully saturated rings. The molecule has 0 heterocycles.